The predicted octanol–water partition coefficient (Wildman–Crippen LogP) is 3.52. The molecular weight excluding hydrogens is 220 g/mol. The van der Waals surface area contributed by atoms with Crippen molar-refractivity contribution in [2.45, 2.75) is 63.3 Å². The fourth-order valence-electron chi connectivity index (χ4n) is 3.60. The van der Waals surface area contributed by atoms with Crippen molar-refractivity contribution in [1.29, 1.82) is 0 Å². The lowest BCUT2D eigenvalue weighted by Gasteiger charge is -2.44. The first-order chi connectivity index (χ1) is 8.83. The molecule has 0 spiro atoms. The van der Waals surface area contributed by atoms with Gasteiger partial charge in [0.25, 0.3) is 0 Å². The van der Waals surface area contributed by atoms with Gasteiger partial charge in [-0.25, -0.2) is 0 Å². The molecule has 0 bridgehead atoms. The number of hydrogen-bond donors (Lipinski definition) is 2. The third-order valence-electron chi connectivity index (χ3n) is 4.54. The fraction of sp³-hybridized carbons (Fsp3) is 0.625. The molecule has 1 fully saturated rings. The van der Waals surface area contributed by atoms with Gasteiger partial charge in [0.1, 0.15) is 0 Å². The van der Waals surface area contributed by atoms with Crippen LogP contribution >= 0.6 is 0 Å². The van der Waals surface area contributed by atoms with E-state index in [9.17, 15) is 0 Å². The molecule has 0 heterocycles. The minimum absolute atomic E-state index is 0.254. The third kappa shape index (κ3) is 2.60. The van der Waals surface area contributed by atoms with Crippen LogP contribution in [0.25, 0.3) is 0 Å². The summed E-state index contributed by atoms with van der Waals surface area (Å²) in [5, 5.41) is 0. The first-order valence-electron chi connectivity index (χ1n) is 7.35. The molecule has 0 aliphatic heterocycles. The maximum atomic E-state index is 5.86. The van der Waals surface area contributed by atoms with Crippen molar-refractivity contribution in [2.75, 3.05) is 0 Å². The largest absolute Gasteiger partial charge is 0.271 e. The summed E-state index contributed by atoms with van der Waals surface area (Å²) in [6.45, 7) is 2.24. The van der Waals surface area contributed by atoms with Crippen molar-refractivity contribution < 1.29 is 0 Å². The molecule has 0 radical (unpaired) electrons. The minimum Gasteiger partial charge on any atom is -0.271 e. The van der Waals surface area contributed by atoms with Gasteiger partial charge in [-0.05, 0) is 24.8 Å². The monoisotopic (exact) mass is 246 g/mol. The number of rotatable bonds is 5. The van der Waals surface area contributed by atoms with Gasteiger partial charge in [0.05, 0.1) is 0 Å². The maximum absolute atomic E-state index is 5.86. The summed E-state index contributed by atoms with van der Waals surface area (Å²) in [5.74, 6) is 5.86. The van der Waals surface area contributed by atoms with Crippen LogP contribution in [0.5, 0.6) is 0 Å². The van der Waals surface area contributed by atoms with Crippen molar-refractivity contribution in [2.24, 2.45) is 5.84 Å². The minimum atomic E-state index is 0.254. The summed E-state index contributed by atoms with van der Waals surface area (Å²) in [6.07, 6.45) is 8.91. The highest BCUT2D eigenvalue weighted by molar-refractivity contribution is 5.28. The van der Waals surface area contributed by atoms with E-state index in [1.54, 1.807) is 0 Å². The van der Waals surface area contributed by atoms with Crippen LogP contribution in [0, 0.1) is 0 Å². The van der Waals surface area contributed by atoms with Crippen molar-refractivity contribution >= 4 is 0 Å². The standard InChI is InChI=1S/C16H26N2/c1-2-9-15(18-17)16(12-7-4-8-13-16)14-10-5-3-6-11-14/h3,5-6,10-11,15,18H,2,4,7-9,12-13,17H2,1H3. The Kier molecular flexibility index (Phi) is 4.79. The normalized spacial score (nSPS) is 20.6. The van der Waals surface area contributed by atoms with E-state index in [1.165, 1.54) is 44.1 Å². The van der Waals surface area contributed by atoms with Gasteiger partial charge >= 0.3 is 0 Å². The zero-order valence-corrected chi connectivity index (χ0v) is 11.5. The van der Waals surface area contributed by atoms with Crippen LogP contribution in [0.2, 0.25) is 0 Å². The van der Waals surface area contributed by atoms with E-state index in [0.29, 0.717) is 6.04 Å². The molecule has 2 heteroatoms. The molecule has 1 atom stereocenters. The number of hydrogen-bond acceptors (Lipinski definition) is 2. The maximum Gasteiger partial charge on any atom is 0.0307 e. The molecular formula is C16H26N2. The van der Waals surface area contributed by atoms with Crippen LogP contribution in [0.15, 0.2) is 30.3 Å². The Balaban J connectivity index is 2.33. The Morgan fingerprint density at radius 1 is 1.17 bits per heavy atom. The number of benzene rings is 1. The van der Waals surface area contributed by atoms with Gasteiger partial charge < -0.3 is 0 Å². The summed E-state index contributed by atoms with van der Waals surface area (Å²) in [5.41, 5.74) is 4.84. The van der Waals surface area contributed by atoms with Crippen LogP contribution in [0.3, 0.4) is 0 Å². The molecule has 100 valence electrons. The lowest BCUT2D eigenvalue weighted by molar-refractivity contribution is 0.203. The molecule has 1 aliphatic carbocycles. The second-order valence-electron chi connectivity index (χ2n) is 5.59. The quantitative estimate of drug-likeness (QED) is 0.616. The Morgan fingerprint density at radius 2 is 1.83 bits per heavy atom. The van der Waals surface area contributed by atoms with E-state index in [-0.39, 0.29) is 5.41 Å². The molecule has 1 unspecified atom stereocenters. The molecule has 1 aromatic rings. The summed E-state index contributed by atoms with van der Waals surface area (Å²) in [4.78, 5) is 0. The molecule has 0 aromatic heterocycles. The van der Waals surface area contributed by atoms with E-state index in [4.69, 9.17) is 5.84 Å². The van der Waals surface area contributed by atoms with E-state index < -0.39 is 0 Å². The van der Waals surface area contributed by atoms with Gasteiger partial charge in [0, 0.05) is 11.5 Å². The molecule has 2 rings (SSSR count). The van der Waals surface area contributed by atoms with E-state index in [2.05, 4.69) is 42.7 Å². The molecule has 0 saturated heterocycles. The van der Waals surface area contributed by atoms with Gasteiger partial charge in [0.2, 0.25) is 0 Å². The van der Waals surface area contributed by atoms with Crippen LogP contribution in [-0.2, 0) is 5.41 Å². The molecule has 1 aliphatic rings. The van der Waals surface area contributed by atoms with E-state index in [1.807, 2.05) is 0 Å². The van der Waals surface area contributed by atoms with E-state index in [0.717, 1.165) is 6.42 Å². The highest BCUT2D eigenvalue weighted by Crippen LogP contribution is 2.43. The molecule has 1 aromatic carbocycles. The van der Waals surface area contributed by atoms with Gasteiger partial charge in [-0.1, -0.05) is 62.9 Å². The number of nitrogens with one attached hydrogen (secondary N) is 1. The third-order valence-corrected chi connectivity index (χ3v) is 4.54. The van der Waals surface area contributed by atoms with Crippen LogP contribution < -0.4 is 11.3 Å². The predicted molar refractivity (Wildman–Crippen MR) is 77.2 cm³/mol. The molecule has 18 heavy (non-hydrogen) atoms. The Bertz CT molecular complexity index is 341. The van der Waals surface area contributed by atoms with Crippen LogP contribution in [0.4, 0.5) is 0 Å². The molecule has 0 amide bonds. The summed E-state index contributed by atoms with van der Waals surface area (Å²) < 4.78 is 0. The summed E-state index contributed by atoms with van der Waals surface area (Å²) in [7, 11) is 0. The number of nitrogens with two attached hydrogens (primary N) is 1. The number of hydrazine groups is 1. The van der Waals surface area contributed by atoms with Crippen LogP contribution in [-0.4, -0.2) is 6.04 Å². The summed E-state index contributed by atoms with van der Waals surface area (Å²) in [6, 6.07) is 11.4. The van der Waals surface area contributed by atoms with Gasteiger partial charge in [0.15, 0.2) is 0 Å². The van der Waals surface area contributed by atoms with Crippen molar-refractivity contribution in [3.8, 4) is 0 Å². The van der Waals surface area contributed by atoms with Crippen LogP contribution in [0.1, 0.15) is 57.4 Å². The second kappa shape index (κ2) is 6.35. The Labute approximate surface area is 111 Å². The fourth-order valence-corrected chi connectivity index (χ4v) is 3.60. The zero-order valence-electron chi connectivity index (χ0n) is 11.5. The van der Waals surface area contributed by atoms with Gasteiger partial charge in [-0.15, -0.1) is 0 Å². The average molecular weight is 246 g/mol. The first kappa shape index (κ1) is 13.6. The zero-order chi connectivity index (χ0) is 12.8. The highest BCUT2D eigenvalue weighted by atomic mass is 15.2. The lowest BCUT2D eigenvalue weighted by atomic mass is 9.64. The van der Waals surface area contributed by atoms with Crippen molar-refractivity contribution in [3.63, 3.8) is 0 Å². The lowest BCUT2D eigenvalue weighted by Crippen LogP contribution is -2.52. The highest BCUT2D eigenvalue weighted by Gasteiger charge is 2.40. The molecule has 2 nitrogen and oxygen atoms in total. The second-order valence-corrected chi connectivity index (χ2v) is 5.59. The van der Waals surface area contributed by atoms with Crippen molar-refractivity contribution in [1.82, 2.24) is 5.43 Å². The molecule has 1 saturated carbocycles. The van der Waals surface area contributed by atoms with Crippen molar-refractivity contribution in [3.05, 3.63) is 35.9 Å². The van der Waals surface area contributed by atoms with Gasteiger partial charge in [-0.2, -0.15) is 0 Å². The Morgan fingerprint density at radius 3 is 2.39 bits per heavy atom. The SMILES string of the molecule is CCCC(NN)C1(c2ccccc2)CCCCC1. The van der Waals surface area contributed by atoms with E-state index >= 15 is 0 Å². The Hall–Kier alpha value is -0.860. The topological polar surface area (TPSA) is 38.0 Å². The smallest absolute Gasteiger partial charge is 0.0307 e. The van der Waals surface area contributed by atoms with Gasteiger partial charge in [-0.3, -0.25) is 11.3 Å². The first-order valence-corrected chi connectivity index (χ1v) is 7.35. The average Bonchev–Trinajstić information content (AvgIpc) is 2.46. The summed E-state index contributed by atoms with van der Waals surface area (Å²) >= 11 is 0. The molecule has 3 N–H and O–H groups in total.